The molecule has 2 N–H and O–H groups in total. The van der Waals surface area contributed by atoms with Gasteiger partial charge in [-0.05, 0) is 36.3 Å². The highest BCUT2D eigenvalue weighted by Crippen LogP contribution is 2.17. The third-order valence-electron chi connectivity index (χ3n) is 3.85. The molecule has 0 radical (unpaired) electrons. The van der Waals surface area contributed by atoms with Crippen molar-refractivity contribution in [1.82, 2.24) is 0 Å². The number of carbonyl (C=O) groups excluding carboxylic acids is 2. The summed E-state index contributed by atoms with van der Waals surface area (Å²) in [6.45, 7) is 2.79. The molecule has 0 saturated heterocycles. The van der Waals surface area contributed by atoms with E-state index in [4.69, 9.17) is 0 Å². The van der Waals surface area contributed by atoms with Crippen LogP contribution >= 0.6 is 24.4 Å². The predicted molar refractivity (Wildman–Crippen MR) is 120 cm³/mol. The maximum absolute atomic E-state index is 11.7. The van der Waals surface area contributed by atoms with Crippen molar-refractivity contribution in [2.75, 3.05) is 31.3 Å². The van der Waals surface area contributed by atoms with Gasteiger partial charge in [-0.25, -0.2) is 0 Å². The maximum Gasteiger partial charge on any atom is 0.189 e. The Bertz CT molecular complexity index is 695. The Balaban J connectivity index is 2.49. The Hall–Kier alpha value is -1.76. The molecule has 0 heterocycles. The van der Waals surface area contributed by atoms with Crippen molar-refractivity contribution in [2.24, 2.45) is 0 Å². The summed E-state index contributed by atoms with van der Waals surface area (Å²) in [5.74, 6) is 0.698. The van der Waals surface area contributed by atoms with E-state index in [0.29, 0.717) is 5.75 Å². The molecule has 0 aliphatic heterocycles. The number of hydrogen-bond donors (Lipinski definition) is 2. The van der Waals surface area contributed by atoms with Crippen LogP contribution < -0.4 is 10.2 Å². The first-order valence-electron chi connectivity index (χ1n) is 8.95. The van der Waals surface area contributed by atoms with E-state index >= 15 is 0 Å². The molecular weight excluding hydrogens is 376 g/mol. The van der Waals surface area contributed by atoms with Crippen LogP contribution in [-0.2, 0) is 9.59 Å². The van der Waals surface area contributed by atoms with Gasteiger partial charge in [-0.15, -0.1) is 12.6 Å². The summed E-state index contributed by atoms with van der Waals surface area (Å²) in [5, 5.41) is 1.81. The van der Waals surface area contributed by atoms with Crippen LogP contribution in [0.5, 0.6) is 0 Å². The van der Waals surface area contributed by atoms with Crippen LogP contribution in [0.1, 0.15) is 25.3 Å². The topological polar surface area (TPSA) is 54.0 Å². The lowest BCUT2D eigenvalue weighted by atomic mass is 10.1. The minimum atomic E-state index is -0.239. The van der Waals surface area contributed by atoms with Gasteiger partial charge in [0, 0.05) is 37.9 Å². The summed E-state index contributed by atoms with van der Waals surface area (Å²) in [6, 6.07) is 8.33. The van der Waals surface area contributed by atoms with Crippen molar-refractivity contribution in [3.8, 4) is 0 Å². The zero-order valence-corrected chi connectivity index (χ0v) is 17.9. The smallest absolute Gasteiger partial charge is 0.189 e. The van der Waals surface area contributed by atoms with Gasteiger partial charge in [0.25, 0.3) is 0 Å². The fourth-order valence-corrected chi connectivity index (χ4v) is 3.15. The molecule has 0 bridgehead atoms. The second-order valence-electron chi connectivity index (χ2n) is 5.94. The van der Waals surface area contributed by atoms with Crippen molar-refractivity contribution in [3.63, 3.8) is 0 Å². The second-order valence-corrected chi connectivity index (χ2v) is 7.59. The van der Waals surface area contributed by atoms with Gasteiger partial charge < -0.3 is 10.2 Å². The number of nitrogens with zero attached hydrogens (tertiary/aromatic N) is 1. The summed E-state index contributed by atoms with van der Waals surface area (Å²) in [4.78, 5) is 24.6. The minimum absolute atomic E-state index is 0.0424. The average Bonchev–Trinajstić information content (AvgIpc) is 2.67. The van der Waals surface area contributed by atoms with Crippen LogP contribution in [0.25, 0.3) is 6.08 Å². The first-order chi connectivity index (χ1) is 13.0. The van der Waals surface area contributed by atoms with E-state index in [-0.39, 0.29) is 23.1 Å². The number of anilines is 1. The Morgan fingerprint density at radius 1 is 1.19 bits per heavy atom. The first kappa shape index (κ1) is 23.3. The van der Waals surface area contributed by atoms with Crippen molar-refractivity contribution in [3.05, 3.63) is 59.8 Å². The second kappa shape index (κ2) is 13.4. The molecule has 0 fully saturated rings. The van der Waals surface area contributed by atoms with E-state index in [2.05, 4.69) is 66.1 Å². The molecule has 146 valence electrons. The number of quaternary nitrogens is 1. The Morgan fingerprint density at radius 2 is 1.89 bits per heavy atom. The van der Waals surface area contributed by atoms with Crippen LogP contribution in [0.2, 0.25) is 0 Å². The molecule has 0 aliphatic carbocycles. The summed E-state index contributed by atoms with van der Waals surface area (Å²) in [5.41, 5.74) is 3.41. The van der Waals surface area contributed by atoms with Crippen LogP contribution in [0.3, 0.4) is 0 Å². The van der Waals surface area contributed by atoms with E-state index in [0.717, 1.165) is 23.4 Å². The van der Waals surface area contributed by atoms with Gasteiger partial charge in [-0.1, -0.05) is 42.1 Å². The van der Waals surface area contributed by atoms with E-state index in [1.807, 2.05) is 32.5 Å². The Labute approximate surface area is 172 Å². The normalized spacial score (nSPS) is 12.1. The van der Waals surface area contributed by atoms with Gasteiger partial charge in [0.2, 0.25) is 0 Å². The largest absolute Gasteiger partial charge is 0.374 e. The SMILES string of the molecule is C/C=C(\C=C/[NH2+]C)/C=C/c1ccc(N(C)CCSC(=O)CCC(=O)S)cc1. The molecule has 1 rings (SSSR count). The molecule has 4 nitrogen and oxygen atoms in total. The number of benzene rings is 1. The minimum Gasteiger partial charge on any atom is -0.374 e. The molecule has 0 spiro atoms. The van der Waals surface area contributed by atoms with Gasteiger partial charge >= 0.3 is 0 Å². The molecule has 27 heavy (non-hydrogen) atoms. The van der Waals surface area contributed by atoms with Crippen LogP contribution in [0, 0.1) is 0 Å². The molecule has 1 aromatic rings. The van der Waals surface area contributed by atoms with Crippen molar-refractivity contribution >= 4 is 46.4 Å². The zero-order valence-electron chi connectivity index (χ0n) is 16.2. The lowest BCUT2D eigenvalue weighted by molar-refractivity contribution is -0.556. The Kier molecular flexibility index (Phi) is 11.6. The fraction of sp³-hybridized carbons (Fsp3) is 0.333. The van der Waals surface area contributed by atoms with Gasteiger partial charge in [0.1, 0.15) is 0 Å². The lowest BCUT2D eigenvalue weighted by Gasteiger charge is -2.19. The van der Waals surface area contributed by atoms with Gasteiger partial charge in [-0.3, -0.25) is 9.59 Å². The number of thioether (sulfide) groups is 1. The summed E-state index contributed by atoms with van der Waals surface area (Å²) >= 11 is 4.95. The van der Waals surface area contributed by atoms with E-state index in [9.17, 15) is 9.59 Å². The summed E-state index contributed by atoms with van der Waals surface area (Å²) < 4.78 is 0. The van der Waals surface area contributed by atoms with E-state index < -0.39 is 0 Å². The predicted octanol–water partition coefficient (Wildman–Crippen LogP) is 3.29. The van der Waals surface area contributed by atoms with Gasteiger partial charge in [0.05, 0.1) is 13.2 Å². The summed E-state index contributed by atoms with van der Waals surface area (Å²) in [6.07, 6.45) is 10.8. The molecule has 0 atom stereocenters. The lowest BCUT2D eigenvalue weighted by Crippen LogP contribution is -2.72. The number of allylic oxidation sites excluding steroid dienone is 4. The van der Waals surface area contributed by atoms with E-state index in [1.54, 1.807) is 0 Å². The van der Waals surface area contributed by atoms with Gasteiger partial charge in [-0.2, -0.15) is 0 Å². The fourth-order valence-electron chi connectivity index (χ4n) is 2.19. The Morgan fingerprint density at radius 3 is 2.48 bits per heavy atom. The van der Waals surface area contributed by atoms with Crippen LogP contribution in [-0.4, -0.2) is 36.6 Å². The van der Waals surface area contributed by atoms with Gasteiger partial charge in [0.15, 0.2) is 10.2 Å². The van der Waals surface area contributed by atoms with Crippen molar-refractivity contribution < 1.29 is 14.9 Å². The van der Waals surface area contributed by atoms with Crippen molar-refractivity contribution in [2.45, 2.75) is 19.8 Å². The number of carbonyl (C=O) groups is 2. The molecule has 0 unspecified atom stereocenters. The molecule has 1 aromatic carbocycles. The quantitative estimate of drug-likeness (QED) is 0.438. The first-order valence-corrected chi connectivity index (χ1v) is 10.4. The third kappa shape index (κ3) is 10.2. The standard InChI is InChI=1S/C21H28N2O2S2/c1-4-17(13-14-22-2)5-6-18-7-9-19(10-8-18)23(3)15-16-27-21(25)12-11-20(24)26/h4-10,13-14,22H,11-12,15-16H2,1-3H3,(H,24,26)/p+1/b6-5+,14-13-,17-4-. The van der Waals surface area contributed by atoms with Crippen molar-refractivity contribution in [1.29, 1.82) is 0 Å². The van der Waals surface area contributed by atoms with Crippen LogP contribution in [0.4, 0.5) is 5.69 Å². The zero-order chi connectivity index (χ0) is 20.1. The highest BCUT2D eigenvalue weighted by molar-refractivity contribution is 8.13. The molecule has 0 aliphatic rings. The molecule has 0 saturated carbocycles. The number of hydrogen-bond acceptors (Lipinski definition) is 4. The highest BCUT2D eigenvalue weighted by Gasteiger charge is 2.06. The number of rotatable bonds is 11. The number of nitrogens with two attached hydrogens (primary N) is 1. The number of thiol groups is 1. The monoisotopic (exact) mass is 405 g/mol. The van der Waals surface area contributed by atoms with E-state index in [1.165, 1.54) is 11.8 Å². The molecule has 6 heteroatoms. The molecule has 0 aromatic heterocycles. The molecule has 0 amide bonds. The molecular formula is C21H29N2O2S2+. The summed E-state index contributed by atoms with van der Waals surface area (Å²) in [7, 11) is 4.01. The third-order valence-corrected chi connectivity index (χ3v) is 4.99. The average molecular weight is 406 g/mol. The van der Waals surface area contributed by atoms with Crippen LogP contribution in [0.15, 0.2) is 54.3 Å². The highest BCUT2D eigenvalue weighted by atomic mass is 32.2. The maximum atomic E-state index is 11.7.